The number of aromatic nitrogens is 1. The molecule has 3 rings (SSSR count). The lowest BCUT2D eigenvalue weighted by Gasteiger charge is -2.38. The quantitative estimate of drug-likeness (QED) is 0.694. The predicted molar refractivity (Wildman–Crippen MR) is 83.3 cm³/mol. The number of nitrogens with zero attached hydrogens (tertiary/aromatic N) is 1. The van der Waals surface area contributed by atoms with Crippen molar-refractivity contribution in [1.29, 1.82) is 0 Å². The normalized spacial score (nSPS) is 35.6. The zero-order valence-corrected chi connectivity index (χ0v) is 14.7. The summed E-state index contributed by atoms with van der Waals surface area (Å²) in [7, 11) is 0. The van der Waals surface area contributed by atoms with Gasteiger partial charge in [-0.25, -0.2) is 4.98 Å². The topological polar surface area (TPSA) is 22.1 Å². The van der Waals surface area contributed by atoms with E-state index in [0.29, 0.717) is 5.41 Å². The predicted octanol–water partition coefficient (Wildman–Crippen LogP) is 5.20. The fourth-order valence-corrected chi connectivity index (χ4v) is 5.01. The fourth-order valence-electron chi connectivity index (χ4n) is 3.93. The van der Waals surface area contributed by atoms with Crippen LogP contribution in [-0.4, -0.2) is 11.1 Å². The summed E-state index contributed by atoms with van der Waals surface area (Å²) in [6.07, 6.45) is 5.85. The van der Waals surface area contributed by atoms with E-state index in [1.807, 2.05) is 6.07 Å². The van der Waals surface area contributed by atoms with Gasteiger partial charge >= 0.3 is 0 Å². The standard InChI is InChI=1S/C15H19Br2NO/c1-14(2)9-4-5-15(14,3)12(6-9)19-13-11(17)7-10(16)8-18-13/h7-9,12H,4-6H2,1-3H3. The van der Waals surface area contributed by atoms with Gasteiger partial charge in [-0.15, -0.1) is 0 Å². The monoisotopic (exact) mass is 387 g/mol. The molecule has 3 atom stereocenters. The van der Waals surface area contributed by atoms with Gasteiger partial charge in [-0.1, -0.05) is 20.8 Å². The molecule has 0 N–H and O–H groups in total. The lowest BCUT2D eigenvalue weighted by atomic mass is 9.70. The zero-order chi connectivity index (χ0) is 13.8. The van der Waals surface area contributed by atoms with Gasteiger partial charge in [0.1, 0.15) is 6.10 Å². The summed E-state index contributed by atoms with van der Waals surface area (Å²) in [5.41, 5.74) is 0.644. The Bertz CT molecular complexity index is 517. The number of pyridine rings is 1. The Hall–Kier alpha value is -0.0900. The van der Waals surface area contributed by atoms with Crippen LogP contribution in [0.2, 0.25) is 0 Å². The molecule has 104 valence electrons. The number of ether oxygens (including phenoxy) is 1. The Balaban J connectivity index is 1.86. The third-order valence-corrected chi connectivity index (χ3v) is 6.74. The first-order chi connectivity index (χ1) is 8.84. The average Bonchev–Trinajstić information content (AvgIpc) is 2.65. The van der Waals surface area contributed by atoms with Crippen LogP contribution in [0.1, 0.15) is 40.0 Å². The molecular weight excluding hydrogens is 370 g/mol. The van der Waals surface area contributed by atoms with E-state index in [2.05, 4.69) is 57.6 Å². The van der Waals surface area contributed by atoms with Crippen LogP contribution in [0, 0.1) is 16.7 Å². The van der Waals surface area contributed by atoms with Gasteiger partial charge in [-0.3, -0.25) is 0 Å². The second-order valence-corrected chi connectivity index (χ2v) is 8.43. The molecule has 2 aliphatic rings. The zero-order valence-electron chi connectivity index (χ0n) is 11.5. The molecule has 2 saturated carbocycles. The summed E-state index contributed by atoms with van der Waals surface area (Å²) < 4.78 is 8.14. The second kappa shape index (κ2) is 4.45. The molecule has 2 bridgehead atoms. The Labute approximate surface area is 131 Å². The minimum Gasteiger partial charge on any atom is -0.473 e. The summed E-state index contributed by atoms with van der Waals surface area (Å²) in [6.45, 7) is 7.19. The number of hydrogen-bond acceptors (Lipinski definition) is 2. The summed E-state index contributed by atoms with van der Waals surface area (Å²) in [6, 6.07) is 1.99. The number of rotatable bonds is 2. The molecule has 2 nitrogen and oxygen atoms in total. The van der Waals surface area contributed by atoms with E-state index in [4.69, 9.17) is 4.74 Å². The maximum Gasteiger partial charge on any atom is 0.228 e. The summed E-state index contributed by atoms with van der Waals surface area (Å²) in [5, 5.41) is 0. The highest BCUT2D eigenvalue weighted by molar-refractivity contribution is 9.11. The molecule has 0 aromatic carbocycles. The molecular formula is C15H19Br2NO. The van der Waals surface area contributed by atoms with Gasteiger partial charge in [0.05, 0.1) is 4.47 Å². The van der Waals surface area contributed by atoms with Crippen LogP contribution in [0.5, 0.6) is 5.88 Å². The molecule has 19 heavy (non-hydrogen) atoms. The summed E-state index contributed by atoms with van der Waals surface area (Å²) in [4.78, 5) is 4.39. The van der Waals surface area contributed by atoms with E-state index in [9.17, 15) is 0 Å². The van der Waals surface area contributed by atoms with Crippen molar-refractivity contribution in [2.24, 2.45) is 16.7 Å². The molecule has 0 radical (unpaired) electrons. The van der Waals surface area contributed by atoms with Gasteiger partial charge in [0.15, 0.2) is 0 Å². The first-order valence-electron chi connectivity index (χ1n) is 6.82. The smallest absolute Gasteiger partial charge is 0.228 e. The van der Waals surface area contributed by atoms with Gasteiger partial charge in [-0.05, 0) is 68.5 Å². The van der Waals surface area contributed by atoms with Crippen LogP contribution in [0.15, 0.2) is 21.2 Å². The highest BCUT2D eigenvalue weighted by Gasteiger charge is 2.62. The van der Waals surface area contributed by atoms with Crippen molar-refractivity contribution in [2.75, 3.05) is 0 Å². The lowest BCUT2D eigenvalue weighted by molar-refractivity contribution is 0.0268. The maximum atomic E-state index is 6.25. The van der Waals surface area contributed by atoms with Crippen LogP contribution in [0.25, 0.3) is 0 Å². The molecule has 0 spiro atoms. The van der Waals surface area contributed by atoms with E-state index in [1.54, 1.807) is 6.20 Å². The van der Waals surface area contributed by atoms with Gasteiger partial charge in [-0.2, -0.15) is 0 Å². The molecule has 4 heteroatoms. The summed E-state index contributed by atoms with van der Waals surface area (Å²) >= 11 is 6.96. The van der Waals surface area contributed by atoms with E-state index >= 15 is 0 Å². The molecule has 1 heterocycles. The third-order valence-electron chi connectivity index (χ3n) is 5.74. The van der Waals surface area contributed by atoms with Gasteiger partial charge < -0.3 is 4.74 Å². The first kappa shape index (κ1) is 13.9. The minimum absolute atomic E-state index is 0.270. The van der Waals surface area contributed by atoms with E-state index in [0.717, 1.165) is 27.2 Å². The molecule has 1 aromatic rings. The van der Waals surface area contributed by atoms with Crippen LogP contribution >= 0.6 is 31.9 Å². The van der Waals surface area contributed by atoms with Gasteiger partial charge in [0, 0.05) is 16.1 Å². The summed E-state index contributed by atoms with van der Waals surface area (Å²) in [5.74, 6) is 1.51. The third kappa shape index (κ3) is 1.98. The van der Waals surface area contributed by atoms with Crippen molar-refractivity contribution in [3.63, 3.8) is 0 Å². The van der Waals surface area contributed by atoms with Crippen molar-refractivity contribution in [2.45, 2.75) is 46.1 Å². The SMILES string of the molecule is CC1(C)C2CCC1(C)C(Oc1ncc(Br)cc1Br)C2. The van der Waals surface area contributed by atoms with Crippen LogP contribution in [0.4, 0.5) is 0 Å². The van der Waals surface area contributed by atoms with Crippen LogP contribution in [0.3, 0.4) is 0 Å². The molecule has 2 fully saturated rings. The minimum atomic E-state index is 0.270. The highest BCUT2D eigenvalue weighted by atomic mass is 79.9. The molecule has 0 aliphatic heterocycles. The van der Waals surface area contributed by atoms with E-state index in [-0.39, 0.29) is 11.5 Å². The molecule has 0 amide bonds. The number of hydrogen-bond donors (Lipinski definition) is 0. The second-order valence-electron chi connectivity index (χ2n) is 6.66. The number of fused-ring (bicyclic) bond motifs is 2. The molecule has 3 unspecified atom stereocenters. The van der Waals surface area contributed by atoms with Gasteiger partial charge in [0.2, 0.25) is 5.88 Å². The largest absolute Gasteiger partial charge is 0.473 e. The molecule has 0 saturated heterocycles. The molecule has 1 aromatic heterocycles. The highest BCUT2D eigenvalue weighted by Crippen LogP contribution is 2.66. The first-order valence-corrected chi connectivity index (χ1v) is 8.41. The van der Waals surface area contributed by atoms with Gasteiger partial charge in [0.25, 0.3) is 0 Å². The fraction of sp³-hybridized carbons (Fsp3) is 0.667. The van der Waals surface area contributed by atoms with Crippen molar-refractivity contribution < 1.29 is 4.74 Å². The van der Waals surface area contributed by atoms with Crippen molar-refractivity contribution in [1.82, 2.24) is 4.98 Å². The van der Waals surface area contributed by atoms with Crippen LogP contribution in [-0.2, 0) is 0 Å². The number of halogens is 2. The Morgan fingerprint density at radius 2 is 2.05 bits per heavy atom. The van der Waals surface area contributed by atoms with Crippen molar-refractivity contribution >= 4 is 31.9 Å². The van der Waals surface area contributed by atoms with Crippen molar-refractivity contribution in [3.8, 4) is 5.88 Å². The maximum absolute atomic E-state index is 6.25. The Morgan fingerprint density at radius 3 is 2.58 bits per heavy atom. The van der Waals surface area contributed by atoms with E-state index < -0.39 is 0 Å². The van der Waals surface area contributed by atoms with Crippen LogP contribution < -0.4 is 4.74 Å². The average molecular weight is 389 g/mol. The van der Waals surface area contributed by atoms with Crippen molar-refractivity contribution in [3.05, 3.63) is 21.2 Å². The molecule has 2 aliphatic carbocycles. The lowest BCUT2D eigenvalue weighted by Crippen LogP contribution is -2.39. The Morgan fingerprint density at radius 1 is 1.32 bits per heavy atom. The van der Waals surface area contributed by atoms with E-state index in [1.165, 1.54) is 12.8 Å². The Kier molecular flexibility index (Phi) is 3.25.